The fraction of sp³-hybridized carbons (Fsp3) is 0.636. The Morgan fingerprint density at radius 3 is 2.76 bits per heavy atom. The number of carbonyl (C=O) groups is 1. The van der Waals surface area contributed by atoms with Crippen LogP contribution in [0, 0.1) is 5.92 Å². The van der Waals surface area contributed by atoms with Crippen LogP contribution in [0.15, 0.2) is 24.5 Å². The third kappa shape index (κ3) is 3.11. The fourth-order valence-corrected chi connectivity index (χ4v) is 5.09. The van der Waals surface area contributed by atoms with E-state index in [-0.39, 0.29) is 11.8 Å². The van der Waals surface area contributed by atoms with E-state index in [0.29, 0.717) is 13.0 Å². The number of piperidine rings is 1. The highest BCUT2D eigenvalue weighted by molar-refractivity contribution is 5.90. The van der Waals surface area contributed by atoms with E-state index in [1.54, 1.807) is 0 Å². The molecule has 3 fully saturated rings. The van der Waals surface area contributed by atoms with Crippen molar-refractivity contribution in [3.63, 3.8) is 0 Å². The van der Waals surface area contributed by atoms with E-state index in [1.165, 1.54) is 5.69 Å². The van der Waals surface area contributed by atoms with Crippen LogP contribution in [0.5, 0.6) is 0 Å². The smallest absolute Gasteiger partial charge is 0.223 e. The summed E-state index contributed by atoms with van der Waals surface area (Å²) in [4.78, 5) is 19.2. The second-order valence-electron chi connectivity index (χ2n) is 9.23. The number of ether oxygens (including phenoxy) is 1. The maximum absolute atomic E-state index is 12.4. The molecule has 2 aromatic heterocycles. The van der Waals surface area contributed by atoms with Gasteiger partial charge in [-0.1, -0.05) is 0 Å². The van der Waals surface area contributed by atoms with Crippen molar-refractivity contribution in [3.8, 4) is 0 Å². The van der Waals surface area contributed by atoms with Crippen molar-refractivity contribution in [1.29, 1.82) is 0 Å². The first-order valence-electron chi connectivity index (χ1n) is 10.7. The second kappa shape index (κ2) is 6.71. The van der Waals surface area contributed by atoms with Gasteiger partial charge in [-0.25, -0.2) is 4.98 Å². The van der Waals surface area contributed by atoms with Gasteiger partial charge in [-0.15, -0.1) is 0 Å². The number of rotatable bonds is 3. The van der Waals surface area contributed by atoms with E-state index in [4.69, 9.17) is 4.74 Å². The number of nitrogens with one attached hydrogen (secondary N) is 1. The Morgan fingerprint density at radius 1 is 1.28 bits per heavy atom. The summed E-state index contributed by atoms with van der Waals surface area (Å²) in [7, 11) is 2.01. The normalized spacial score (nSPS) is 29.3. The average Bonchev–Trinajstić information content (AvgIpc) is 3.50. The van der Waals surface area contributed by atoms with E-state index in [1.807, 2.05) is 30.9 Å². The largest absolute Gasteiger partial charge is 0.388 e. The lowest BCUT2D eigenvalue weighted by atomic mass is 9.73. The molecule has 0 bridgehead atoms. The first-order chi connectivity index (χ1) is 13.9. The molecule has 0 radical (unpaired) electrons. The summed E-state index contributed by atoms with van der Waals surface area (Å²) in [6.45, 7) is 4.15. The molecule has 29 heavy (non-hydrogen) atoms. The Morgan fingerprint density at radius 2 is 2.03 bits per heavy atom. The molecule has 1 saturated carbocycles. The van der Waals surface area contributed by atoms with E-state index in [9.17, 15) is 9.90 Å². The van der Waals surface area contributed by atoms with Gasteiger partial charge in [0.1, 0.15) is 11.8 Å². The molecule has 0 unspecified atom stereocenters. The molecule has 7 heteroatoms. The zero-order valence-electron chi connectivity index (χ0n) is 17.2. The van der Waals surface area contributed by atoms with Gasteiger partial charge in [-0.3, -0.25) is 4.79 Å². The number of anilines is 1. The Bertz CT molecular complexity index is 929. The van der Waals surface area contributed by atoms with Gasteiger partial charge in [-0.05, 0) is 51.2 Å². The third-order valence-electron chi connectivity index (χ3n) is 7.17. The van der Waals surface area contributed by atoms with Crippen molar-refractivity contribution in [1.82, 2.24) is 14.9 Å². The summed E-state index contributed by atoms with van der Waals surface area (Å²) in [6.07, 6.45) is 7.24. The van der Waals surface area contributed by atoms with Crippen LogP contribution in [0.3, 0.4) is 0 Å². The molecule has 7 nitrogen and oxygen atoms in total. The number of aliphatic hydroxyl groups is 1. The Labute approximate surface area is 171 Å². The molecule has 2 aliphatic heterocycles. The molecule has 1 amide bonds. The molecule has 0 aromatic carbocycles. The number of fused-ring (bicyclic) bond motifs is 1. The maximum Gasteiger partial charge on any atom is 0.223 e. The SMILES string of the molecule is Cn1ccc2c(N3CCC4(CC3)OCC[C@](C)(NC(=O)C3CC3)[C@H]4O)ccnc21. The molecule has 3 aliphatic rings. The molecule has 4 heterocycles. The summed E-state index contributed by atoms with van der Waals surface area (Å²) in [5, 5.41) is 15.6. The highest BCUT2D eigenvalue weighted by Gasteiger charge is 2.54. The maximum atomic E-state index is 12.4. The van der Waals surface area contributed by atoms with Crippen LogP contribution in [0.25, 0.3) is 11.0 Å². The molecule has 1 aliphatic carbocycles. The predicted molar refractivity (Wildman–Crippen MR) is 111 cm³/mol. The first-order valence-corrected chi connectivity index (χ1v) is 10.7. The Kier molecular flexibility index (Phi) is 4.37. The molecule has 2 aromatic rings. The van der Waals surface area contributed by atoms with Gasteiger partial charge in [0, 0.05) is 56.1 Å². The topological polar surface area (TPSA) is 79.6 Å². The molecule has 2 saturated heterocycles. The number of aliphatic hydroxyl groups excluding tert-OH is 1. The van der Waals surface area contributed by atoms with Gasteiger partial charge >= 0.3 is 0 Å². The lowest BCUT2D eigenvalue weighted by Crippen LogP contribution is -2.69. The van der Waals surface area contributed by atoms with Gasteiger partial charge < -0.3 is 24.6 Å². The highest BCUT2D eigenvalue weighted by Crippen LogP contribution is 2.42. The molecular formula is C22H30N4O3. The zero-order chi connectivity index (χ0) is 20.2. The predicted octanol–water partition coefficient (Wildman–Crippen LogP) is 1.98. The van der Waals surface area contributed by atoms with Crippen molar-refractivity contribution >= 4 is 22.6 Å². The third-order valence-corrected chi connectivity index (χ3v) is 7.17. The molecular weight excluding hydrogens is 368 g/mol. The number of carbonyl (C=O) groups excluding carboxylic acids is 1. The van der Waals surface area contributed by atoms with Crippen molar-refractivity contribution in [2.75, 3.05) is 24.6 Å². The Hall–Kier alpha value is -2.12. The van der Waals surface area contributed by atoms with E-state index >= 15 is 0 Å². The van der Waals surface area contributed by atoms with Gasteiger partial charge in [0.2, 0.25) is 5.91 Å². The average molecular weight is 399 g/mol. The minimum atomic E-state index is -0.706. The van der Waals surface area contributed by atoms with E-state index in [2.05, 4.69) is 27.3 Å². The van der Waals surface area contributed by atoms with Crippen LogP contribution in [0.4, 0.5) is 5.69 Å². The van der Waals surface area contributed by atoms with Crippen molar-refractivity contribution < 1.29 is 14.6 Å². The van der Waals surface area contributed by atoms with Crippen LogP contribution in [0.2, 0.25) is 0 Å². The van der Waals surface area contributed by atoms with Gasteiger partial charge in [0.15, 0.2) is 0 Å². The summed E-state index contributed by atoms with van der Waals surface area (Å²) in [5.74, 6) is 0.226. The lowest BCUT2D eigenvalue weighted by molar-refractivity contribution is -0.198. The highest BCUT2D eigenvalue weighted by atomic mass is 16.5. The van der Waals surface area contributed by atoms with Crippen molar-refractivity contribution in [3.05, 3.63) is 24.5 Å². The fourth-order valence-electron chi connectivity index (χ4n) is 5.09. The molecule has 2 atom stereocenters. The van der Waals surface area contributed by atoms with Crippen LogP contribution >= 0.6 is 0 Å². The van der Waals surface area contributed by atoms with Crippen LogP contribution < -0.4 is 10.2 Å². The van der Waals surface area contributed by atoms with Crippen LogP contribution in [-0.4, -0.2) is 57.5 Å². The van der Waals surface area contributed by atoms with Gasteiger partial charge in [0.05, 0.1) is 11.1 Å². The number of aryl methyl sites for hydroxylation is 1. The summed E-state index contributed by atoms with van der Waals surface area (Å²) >= 11 is 0. The molecule has 156 valence electrons. The number of pyridine rings is 1. The summed E-state index contributed by atoms with van der Waals surface area (Å²) in [6, 6.07) is 4.18. The van der Waals surface area contributed by atoms with Gasteiger partial charge in [0.25, 0.3) is 0 Å². The lowest BCUT2D eigenvalue weighted by Gasteiger charge is -2.54. The molecule has 1 spiro atoms. The zero-order valence-corrected chi connectivity index (χ0v) is 17.2. The van der Waals surface area contributed by atoms with Crippen molar-refractivity contribution in [2.45, 2.75) is 56.3 Å². The number of hydrogen-bond acceptors (Lipinski definition) is 5. The minimum Gasteiger partial charge on any atom is -0.388 e. The number of nitrogens with zero attached hydrogens (tertiary/aromatic N) is 3. The second-order valence-corrected chi connectivity index (χ2v) is 9.23. The monoisotopic (exact) mass is 398 g/mol. The van der Waals surface area contributed by atoms with E-state index in [0.717, 1.165) is 49.8 Å². The number of hydrogen-bond donors (Lipinski definition) is 2. The first kappa shape index (κ1) is 18.9. The van der Waals surface area contributed by atoms with Crippen LogP contribution in [-0.2, 0) is 16.6 Å². The standard InChI is InChI=1S/C22H30N4O3/c1-21(24-19(27)15-3-4-15)9-14-29-22(20(21)28)7-12-26(13-8-22)17-5-10-23-18-16(17)6-11-25(18)2/h5-6,10-11,15,20,28H,3-4,7-9,12-14H2,1-2H3,(H,24,27)/t20-,21+/m1/s1. The van der Waals surface area contributed by atoms with Crippen molar-refractivity contribution in [2.24, 2.45) is 13.0 Å². The number of aromatic nitrogens is 2. The number of amides is 1. The molecule has 2 N–H and O–H groups in total. The quantitative estimate of drug-likeness (QED) is 0.827. The summed E-state index contributed by atoms with van der Waals surface area (Å²) < 4.78 is 8.24. The van der Waals surface area contributed by atoms with E-state index < -0.39 is 17.2 Å². The van der Waals surface area contributed by atoms with Gasteiger partial charge in [-0.2, -0.15) is 0 Å². The Balaban J connectivity index is 1.33. The minimum absolute atomic E-state index is 0.0873. The summed E-state index contributed by atoms with van der Waals surface area (Å²) in [5.41, 5.74) is 0.944. The van der Waals surface area contributed by atoms with Crippen LogP contribution in [0.1, 0.15) is 39.0 Å². The molecule has 5 rings (SSSR count).